The number of thiophene rings is 1. The molecule has 5 nitrogen and oxygen atoms in total. The summed E-state index contributed by atoms with van der Waals surface area (Å²) in [5, 5.41) is 4.49. The van der Waals surface area contributed by atoms with Crippen LogP contribution in [0, 0.1) is 0 Å². The molecule has 0 aliphatic rings. The van der Waals surface area contributed by atoms with Gasteiger partial charge in [-0.15, -0.1) is 11.3 Å². The van der Waals surface area contributed by atoms with E-state index in [-0.39, 0.29) is 24.1 Å². The number of carbonyl (C=O) groups excluding carboxylic acids is 2. The Morgan fingerprint density at radius 2 is 2.11 bits per heavy atom. The van der Waals surface area contributed by atoms with E-state index >= 15 is 0 Å². The molecule has 0 unspecified atom stereocenters. The van der Waals surface area contributed by atoms with Gasteiger partial charge in [-0.1, -0.05) is 6.07 Å². The second-order valence-electron chi connectivity index (χ2n) is 3.42. The number of rotatable bonds is 6. The number of Topliss-reactive ketones (excluding diaryl/α,β-unsaturated/α-hetero) is 1. The Morgan fingerprint density at radius 3 is 2.56 bits per heavy atom. The third kappa shape index (κ3) is 3.68. The molecule has 0 aliphatic heterocycles. The zero-order valence-corrected chi connectivity index (χ0v) is 11.3. The van der Waals surface area contributed by atoms with Crippen LogP contribution in [0.25, 0.3) is 5.70 Å². The number of amides is 1. The van der Waals surface area contributed by atoms with E-state index in [0.29, 0.717) is 5.70 Å². The normalized spacial score (nSPS) is 11.7. The van der Waals surface area contributed by atoms with Crippen LogP contribution < -0.4 is 5.32 Å². The fourth-order valence-electron chi connectivity index (χ4n) is 1.38. The average Bonchev–Trinajstić information content (AvgIpc) is 2.81. The lowest BCUT2D eigenvalue weighted by Gasteiger charge is -2.12. The number of hydrogen-bond acceptors (Lipinski definition) is 5. The maximum absolute atomic E-state index is 11.6. The third-order valence-electron chi connectivity index (χ3n) is 2.06. The Kier molecular flexibility index (Phi) is 5.54. The van der Waals surface area contributed by atoms with Crippen LogP contribution in [0.15, 0.2) is 23.3 Å². The van der Waals surface area contributed by atoms with Crippen LogP contribution in [0.5, 0.6) is 0 Å². The van der Waals surface area contributed by atoms with Crippen LogP contribution in [0.3, 0.4) is 0 Å². The fraction of sp³-hybridized carbons (Fsp3) is 0.333. The summed E-state index contributed by atoms with van der Waals surface area (Å²) in [7, 11) is 2.82. The number of methoxy groups -OCH3 is 2. The van der Waals surface area contributed by atoms with Crippen molar-refractivity contribution in [3.8, 4) is 0 Å². The van der Waals surface area contributed by atoms with Gasteiger partial charge >= 0.3 is 0 Å². The van der Waals surface area contributed by atoms with Crippen molar-refractivity contribution < 1.29 is 19.1 Å². The molecule has 0 aromatic carbocycles. The van der Waals surface area contributed by atoms with E-state index in [0.717, 1.165) is 4.88 Å². The van der Waals surface area contributed by atoms with E-state index in [4.69, 9.17) is 9.47 Å². The number of ketones is 1. The predicted molar refractivity (Wildman–Crippen MR) is 68.9 cm³/mol. The van der Waals surface area contributed by atoms with E-state index in [1.54, 1.807) is 6.07 Å². The smallest absolute Gasteiger partial charge is 0.250 e. The lowest BCUT2D eigenvalue weighted by molar-refractivity contribution is -0.123. The highest BCUT2D eigenvalue weighted by Crippen LogP contribution is 2.22. The van der Waals surface area contributed by atoms with E-state index in [2.05, 4.69) is 5.32 Å². The van der Waals surface area contributed by atoms with Gasteiger partial charge in [0.25, 0.3) is 0 Å². The van der Waals surface area contributed by atoms with Gasteiger partial charge in [0.15, 0.2) is 11.5 Å². The van der Waals surface area contributed by atoms with E-state index in [1.807, 2.05) is 11.4 Å². The number of ether oxygens (including phenoxy) is 2. The topological polar surface area (TPSA) is 64.6 Å². The summed E-state index contributed by atoms with van der Waals surface area (Å²) < 4.78 is 9.80. The zero-order chi connectivity index (χ0) is 13.5. The Morgan fingerprint density at radius 1 is 1.39 bits per heavy atom. The number of allylic oxidation sites excluding steroid dienone is 1. The summed E-state index contributed by atoms with van der Waals surface area (Å²) in [5.74, 6) is -0.461. The van der Waals surface area contributed by atoms with Gasteiger partial charge in [0.2, 0.25) is 5.91 Å². The molecule has 1 aromatic rings. The number of carbonyl (C=O) groups is 2. The Bertz CT molecular complexity index is 451. The van der Waals surface area contributed by atoms with Gasteiger partial charge in [0, 0.05) is 14.0 Å². The molecular formula is C12H15NO4S. The van der Waals surface area contributed by atoms with Crippen molar-refractivity contribution in [1.29, 1.82) is 0 Å². The second kappa shape index (κ2) is 6.93. The molecule has 0 spiro atoms. The highest BCUT2D eigenvalue weighted by atomic mass is 32.1. The predicted octanol–water partition coefficient (Wildman–Crippen LogP) is 1.41. The van der Waals surface area contributed by atoms with Crippen LogP contribution in [-0.2, 0) is 19.1 Å². The van der Waals surface area contributed by atoms with Crippen molar-refractivity contribution >= 4 is 28.7 Å². The largest absolute Gasteiger partial charge is 0.491 e. The molecule has 0 saturated carbocycles. The van der Waals surface area contributed by atoms with Crippen LogP contribution >= 0.6 is 11.3 Å². The lowest BCUT2D eigenvalue weighted by Crippen LogP contribution is -2.27. The maximum Gasteiger partial charge on any atom is 0.250 e. The molecule has 98 valence electrons. The molecule has 0 atom stereocenters. The van der Waals surface area contributed by atoms with Gasteiger partial charge in [-0.05, 0) is 11.4 Å². The quantitative estimate of drug-likeness (QED) is 0.626. The molecule has 1 rings (SSSR count). The number of hydrogen-bond donors (Lipinski definition) is 1. The van der Waals surface area contributed by atoms with Crippen LogP contribution in [0.4, 0.5) is 0 Å². The zero-order valence-electron chi connectivity index (χ0n) is 10.5. The lowest BCUT2D eigenvalue weighted by atomic mass is 10.2. The Hall–Kier alpha value is -1.66. The summed E-state index contributed by atoms with van der Waals surface area (Å²) >= 11 is 1.41. The van der Waals surface area contributed by atoms with Gasteiger partial charge in [-0.2, -0.15) is 0 Å². The maximum atomic E-state index is 11.6. The monoisotopic (exact) mass is 269 g/mol. The van der Waals surface area contributed by atoms with Crippen molar-refractivity contribution in [2.75, 3.05) is 20.8 Å². The minimum Gasteiger partial charge on any atom is -0.491 e. The molecule has 18 heavy (non-hydrogen) atoms. The minimum atomic E-state index is -0.336. The standard InChI is InChI=1S/C12H15NO4S/c1-8(14)12(17-3)11(9-5-4-6-18-9)13-10(15)7-16-2/h4-6H,7H2,1-3H3,(H,13,15)/b12-11+. The van der Waals surface area contributed by atoms with Gasteiger partial charge in [0.1, 0.15) is 12.3 Å². The molecule has 0 fully saturated rings. The molecule has 0 bridgehead atoms. The fourth-order valence-corrected chi connectivity index (χ4v) is 2.10. The SMILES string of the molecule is COCC(=O)N/C(=C(/OC)C(C)=O)c1cccs1. The van der Waals surface area contributed by atoms with E-state index in [9.17, 15) is 9.59 Å². The van der Waals surface area contributed by atoms with Gasteiger partial charge in [-0.3, -0.25) is 9.59 Å². The highest BCUT2D eigenvalue weighted by molar-refractivity contribution is 7.11. The van der Waals surface area contributed by atoms with Gasteiger partial charge in [0.05, 0.1) is 12.0 Å². The van der Waals surface area contributed by atoms with Crippen molar-refractivity contribution in [3.05, 3.63) is 28.1 Å². The van der Waals surface area contributed by atoms with E-state index in [1.165, 1.54) is 32.5 Å². The average molecular weight is 269 g/mol. The van der Waals surface area contributed by atoms with Crippen molar-refractivity contribution in [1.82, 2.24) is 5.32 Å². The summed E-state index contributed by atoms with van der Waals surface area (Å²) in [5.41, 5.74) is 0.377. The third-order valence-corrected chi connectivity index (χ3v) is 2.95. The molecular weight excluding hydrogens is 254 g/mol. The van der Waals surface area contributed by atoms with Crippen molar-refractivity contribution in [2.24, 2.45) is 0 Å². The highest BCUT2D eigenvalue weighted by Gasteiger charge is 2.17. The van der Waals surface area contributed by atoms with Crippen LogP contribution in [0.1, 0.15) is 11.8 Å². The molecule has 0 radical (unpaired) electrons. The number of nitrogens with one attached hydrogen (secondary N) is 1. The van der Waals surface area contributed by atoms with Crippen LogP contribution in [-0.4, -0.2) is 32.5 Å². The molecule has 0 aliphatic carbocycles. The molecule has 1 aromatic heterocycles. The van der Waals surface area contributed by atoms with Gasteiger partial charge < -0.3 is 14.8 Å². The molecule has 1 amide bonds. The van der Waals surface area contributed by atoms with Crippen LogP contribution in [0.2, 0.25) is 0 Å². The molecule has 1 heterocycles. The summed E-state index contributed by atoms with van der Waals surface area (Å²) in [4.78, 5) is 23.8. The Labute approximate surface area is 109 Å². The molecule has 0 saturated heterocycles. The van der Waals surface area contributed by atoms with E-state index < -0.39 is 0 Å². The first-order valence-corrected chi connectivity index (χ1v) is 6.10. The van der Waals surface area contributed by atoms with Gasteiger partial charge in [-0.25, -0.2) is 0 Å². The van der Waals surface area contributed by atoms with Crippen molar-refractivity contribution in [2.45, 2.75) is 6.92 Å². The first-order chi connectivity index (χ1) is 8.60. The minimum absolute atomic E-state index is 0.0796. The molecule has 6 heteroatoms. The summed E-state index contributed by atoms with van der Waals surface area (Å²) in [6.07, 6.45) is 0. The first-order valence-electron chi connectivity index (χ1n) is 5.22. The summed E-state index contributed by atoms with van der Waals surface area (Å²) in [6, 6.07) is 3.63. The summed E-state index contributed by atoms with van der Waals surface area (Å²) in [6.45, 7) is 1.30. The first kappa shape index (κ1) is 14.4. The van der Waals surface area contributed by atoms with Crippen molar-refractivity contribution in [3.63, 3.8) is 0 Å². The second-order valence-corrected chi connectivity index (χ2v) is 4.37. The molecule has 1 N–H and O–H groups in total. The Balaban J connectivity index is 3.10.